The second-order valence-electron chi connectivity index (χ2n) is 6.76. The highest BCUT2D eigenvalue weighted by Crippen LogP contribution is 2.40. The molecule has 1 saturated carbocycles. The van der Waals surface area contributed by atoms with Gasteiger partial charge in [0.1, 0.15) is 0 Å². The third kappa shape index (κ3) is 4.71. The quantitative estimate of drug-likeness (QED) is 0.895. The van der Waals surface area contributed by atoms with Gasteiger partial charge in [0.25, 0.3) is 0 Å². The SMILES string of the molecule is CC(C)(C)NC(=O)C1CC1C(=O)Nc1cccc(C(F)(F)F)c1. The van der Waals surface area contributed by atoms with Gasteiger partial charge in [-0.25, -0.2) is 0 Å². The van der Waals surface area contributed by atoms with Gasteiger partial charge in [-0.15, -0.1) is 0 Å². The first kappa shape index (κ1) is 17.3. The molecule has 23 heavy (non-hydrogen) atoms. The number of alkyl halides is 3. The summed E-state index contributed by atoms with van der Waals surface area (Å²) < 4.78 is 37.9. The fourth-order valence-electron chi connectivity index (χ4n) is 2.25. The molecule has 1 aliphatic rings. The van der Waals surface area contributed by atoms with Crippen molar-refractivity contribution in [2.45, 2.75) is 38.9 Å². The summed E-state index contributed by atoms with van der Waals surface area (Å²) in [4.78, 5) is 24.0. The van der Waals surface area contributed by atoms with Crippen molar-refractivity contribution in [3.8, 4) is 0 Å². The van der Waals surface area contributed by atoms with Crippen LogP contribution in [0.4, 0.5) is 18.9 Å². The van der Waals surface area contributed by atoms with Gasteiger partial charge >= 0.3 is 6.18 Å². The molecular formula is C16H19F3N2O2. The van der Waals surface area contributed by atoms with Gasteiger partial charge in [0.05, 0.1) is 17.4 Å². The van der Waals surface area contributed by atoms with E-state index in [0.29, 0.717) is 6.42 Å². The van der Waals surface area contributed by atoms with Crippen LogP contribution in [-0.2, 0) is 15.8 Å². The number of hydrogen-bond acceptors (Lipinski definition) is 2. The topological polar surface area (TPSA) is 58.2 Å². The third-order valence-corrected chi connectivity index (χ3v) is 3.42. The predicted octanol–water partition coefficient (Wildman–Crippen LogP) is 3.19. The molecule has 0 aliphatic heterocycles. The Labute approximate surface area is 132 Å². The van der Waals surface area contributed by atoms with E-state index in [0.717, 1.165) is 12.1 Å². The zero-order valence-corrected chi connectivity index (χ0v) is 13.1. The van der Waals surface area contributed by atoms with E-state index in [9.17, 15) is 22.8 Å². The van der Waals surface area contributed by atoms with E-state index in [1.54, 1.807) is 0 Å². The molecule has 0 radical (unpaired) electrons. The molecule has 1 aromatic carbocycles. The van der Waals surface area contributed by atoms with Crippen molar-refractivity contribution in [1.82, 2.24) is 5.32 Å². The first-order valence-corrected chi connectivity index (χ1v) is 7.27. The minimum absolute atomic E-state index is 0.0757. The van der Waals surface area contributed by atoms with Crippen LogP contribution in [0, 0.1) is 11.8 Å². The normalized spacial score (nSPS) is 20.8. The van der Waals surface area contributed by atoms with Crippen molar-refractivity contribution >= 4 is 17.5 Å². The summed E-state index contributed by atoms with van der Waals surface area (Å²) in [6.45, 7) is 5.51. The van der Waals surface area contributed by atoms with Crippen LogP contribution in [0.3, 0.4) is 0 Å². The Bertz CT molecular complexity index is 620. The van der Waals surface area contributed by atoms with Crippen LogP contribution in [0.1, 0.15) is 32.8 Å². The highest BCUT2D eigenvalue weighted by molar-refractivity contribution is 5.99. The van der Waals surface area contributed by atoms with E-state index < -0.39 is 29.5 Å². The summed E-state index contributed by atoms with van der Waals surface area (Å²) in [7, 11) is 0. The summed E-state index contributed by atoms with van der Waals surface area (Å²) in [6.07, 6.45) is -4.05. The van der Waals surface area contributed by atoms with E-state index in [1.807, 2.05) is 20.8 Å². The molecule has 4 nitrogen and oxygen atoms in total. The molecule has 1 fully saturated rings. The second kappa shape index (κ2) is 5.86. The van der Waals surface area contributed by atoms with Gasteiger partial charge in [-0.05, 0) is 45.4 Å². The van der Waals surface area contributed by atoms with Crippen LogP contribution < -0.4 is 10.6 Å². The summed E-state index contributed by atoms with van der Waals surface area (Å²) in [5.74, 6) is -1.55. The Kier molecular flexibility index (Phi) is 4.41. The molecule has 0 saturated heterocycles. The molecule has 2 rings (SSSR count). The molecule has 1 aromatic rings. The standard InChI is InChI=1S/C16H19F3N2O2/c1-15(2,3)21-14(23)12-8-11(12)13(22)20-10-6-4-5-9(7-10)16(17,18)19/h4-7,11-12H,8H2,1-3H3,(H,20,22)(H,21,23). The van der Waals surface area contributed by atoms with Crippen LogP contribution in [-0.4, -0.2) is 17.4 Å². The number of benzene rings is 1. The maximum atomic E-state index is 12.6. The van der Waals surface area contributed by atoms with Gasteiger partial charge in [-0.3, -0.25) is 9.59 Å². The first-order chi connectivity index (χ1) is 10.5. The minimum Gasteiger partial charge on any atom is -0.351 e. The number of amides is 2. The summed E-state index contributed by atoms with van der Waals surface area (Å²) in [5, 5.41) is 5.24. The molecule has 0 aromatic heterocycles. The number of anilines is 1. The molecule has 2 atom stereocenters. The van der Waals surface area contributed by atoms with Crippen molar-refractivity contribution in [2.75, 3.05) is 5.32 Å². The molecule has 2 unspecified atom stereocenters. The fourth-order valence-corrected chi connectivity index (χ4v) is 2.25. The second-order valence-corrected chi connectivity index (χ2v) is 6.76. The smallest absolute Gasteiger partial charge is 0.351 e. The van der Waals surface area contributed by atoms with Crippen molar-refractivity contribution in [3.05, 3.63) is 29.8 Å². The van der Waals surface area contributed by atoms with Crippen molar-refractivity contribution in [1.29, 1.82) is 0 Å². The van der Waals surface area contributed by atoms with Crippen LogP contribution in [0.15, 0.2) is 24.3 Å². The lowest BCUT2D eigenvalue weighted by atomic mass is 10.1. The highest BCUT2D eigenvalue weighted by atomic mass is 19.4. The lowest BCUT2D eigenvalue weighted by Gasteiger charge is -2.20. The Hall–Kier alpha value is -2.05. The number of nitrogens with one attached hydrogen (secondary N) is 2. The van der Waals surface area contributed by atoms with E-state index >= 15 is 0 Å². The van der Waals surface area contributed by atoms with Gasteiger partial charge < -0.3 is 10.6 Å². The Morgan fingerprint density at radius 2 is 1.70 bits per heavy atom. The maximum Gasteiger partial charge on any atom is 0.416 e. The van der Waals surface area contributed by atoms with Gasteiger partial charge in [-0.1, -0.05) is 6.07 Å². The van der Waals surface area contributed by atoms with Crippen LogP contribution in [0.5, 0.6) is 0 Å². The fraction of sp³-hybridized carbons (Fsp3) is 0.500. The van der Waals surface area contributed by atoms with Crippen molar-refractivity contribution in [2.24, 2.45) is 11.8 Å². The average Bonchev–Trinajstić information content (AvgIpc) is 3.16. The van der Waals surface area contributed by atoms with Gasteiger partial charge in [0, 0.05) is 11.2 Å². The number of carbonyl (C=O) groups excluding carboxylic acids is 2. The average molecular weight is 328 g/mol. The van der Waals surface area contributed by atoms with Crippen LogP contribution in [0.2, 0.25) is 0 Å². The van der Waals surface area contributed by atoms with Gasteiger partial charge in [0.2, 0.25) is 11.8 Å². The zero-order chi connectivity index (χ0) is 17.4. The van der Waals surface area contributed by atoms with Crippen LogP contribution >= 0.6 is 0 Å². The molecule has 7 heteroatoms. The van der Waals surface area contributed by atoms with E-state index in [4.69, 9.17) is 0 Å². The molecule has 1 aliphatic carbocycles. The number of hydrogen-bond donors (Lipinski definition) is 2. The third-order valence-electron chi connectivity index (χ3n) is 3.42. The molecule has 0 heterocycles. The number of halogens is 3. The summed E-state index contributed by atoms with van der Waals surface area (Å²) in [5.41, 5.74) is -1.14. The Morgan fingerprint density at radius 1 is 1.09 bits per heavy atom. The van der Waals surface area contributed by atoms with Crippen molar-refractivity contribution in [3.63, 3.8) is 0 Å². The Balaban J connectivity index is 1.96. The molecule has 2 N–H and O–H groups in total. The van der Waals surface area contributed by atoms with E-state index in [1.165, 1.54) is 12.1 Å². The van der Waals surface area contributed by atoms with E-state index in [-0.39, 0.29) is 17.1 Å². The van der Waals surface area contributed by atoms with E-state index in [2.05, 4.69) is 10.6 Å². The van der Waals surface area contributed by atoms with Crippen molar-refractivity contribution < 1.29 is 22.8 Å². The predicted molar refractivity (Wildman–Crippen MR) is 79.6 cm³/mol. The maximum absolute atomic E-state index is 12.6. The van der Waals surface area contributed by atoms with Gasteiger partial charge in [0.15, 0.2) is 0 Å². The molecular weight excluding hydrogens is 309 g/mol. The molecule has 0 bridgehead atoms. The lowest BCUT2D eigenvalue weighted by Crippen LogP contribution is -2.42. The van der Waals surface area contributed by atoms with Gasteiger partial charge in [-0.2, -0.15) is 13.2 Å². The molecule has 2 amide bonds. The highest BCUT2D eigenvalue weighted by Gasteiger charge is 2.48. The largest absolute Gasteiger partial charge is 0.416 e. The minimum atomic E-state index is -4.46. The zero-order valence-electron chi connectivity index (χ0n) is 13.1. The monoisotopic (exact) mass is 328 g/mol. The number of carbonyl (C=O) groups is 2. The molecule has 0 spiro atoms. The summed E-state index contributed by atoms with van der Waals surface area (Å²) >= 11 is 0. The van der Waals surface area contributed by atoms with Crippen LogP contribution in [0.25, 0.3) is 0 Å². The first-order valence-electron chi connectivity index (χ1n) is 7.27. The Morgan fingerprint density at radius 3 is 2.26 bits per heavy atom. The lowest BCUT2D eigenvalue weighted by molar-refractivity contribution is -0.137. The molecule has 126 valence electrons. The number of rotatable bonds is 3. The summed E-state index contributed by atoms with van der Waals surface area (Å²) in [6, 6.07) is 4.44.